The van der Waals surface area contributed by atoms with Gasteiger partial charge in [0.05, 0.1) is 12.7 Å². The van der Waals surface area contributed by atoms with Crippen LogP contribution in [0.25, 0.3) is 0 Å². The van der Waals surface area contributed by atoms with Crippen molar-refractivity contribution in [2.45, 2.75) is 31.8 Å². The maximum atomic E-state index is 13.7. The van der Waals surface area contributed by atoms with E-state index < -0.39 is 0 Å². The van der Waals surface area contributed by atoms with Gasteiger partial charge in [0, 0.05) is 5.92 Å². The van der Waals surface area contributed by atoms with Crippen molar-refractivity contribution in [3.63, 3.8) is 0 Å². The first kappa shape index (κ1) is 13.0. The SMILES string of the molecule is C[C@@H]1CO[C@@H]2c3cc(F)ccc3Cc3ccccc3[C@H]2C1. The van der Waals surface area contributed by atoms with Gasteiger partial charge in [0.25, 0.3) is 0 Å². The van der Waals surface area contributed by atoms with E-state index in [9.17, 15) is 4.39 Å². The van der Waals surface area contributed by atoms with Crippen LogP contribution in [0.4, 0.5) is 4.39 Å². The summed E-state index contributed by atoms with van der Waals surface area (Å²) in [6.07, 6.45) is 1.98. The standard InChI is InChI=1S/C19H19FO/c1-12-8-18-16-5-3-2-4-13(16)9-14-6-7-15(20)10-17(14)19(18)21-11-12/h2-7,10,12,18-19H,8-9,11H2,1H3/t12-,18+,19+/m0/s1. The summed E-state index contributed by atoms with van der Waals surface area (Å²) in [6, 6.07) is 13.8. The Balaban J connectivity index is 1.91. The Labute approximate surface area is 124 Å². The van der Waals surface area contributed by atoms with Crippen molar-refractivity contribution in [2.75, 3.05) is 6.61 Å². The average molecular weight is 282 g/mol. The molecule has 0 amide bonds. The fourth-order valence-electron chi connectivity index (χ4n) is 3.86. The summed E-state index contributed by atoms with van der Waals surface area (Å²) >= 11 is 0. The molecule has 0 unspecified atom stereocenters. The Morgan fingerprint density at radius 2 is 1.86 bits per heavy atom. The summed E-state index contributed by atoms with van der Waals surface area (Å²) in [5.41, 5.74) is 4.98. The molecule has 0 bridgehead atoms. The molecule has 0 spiro atoms. The molecule has 0 saturated carbocycles. The highest BCUT2D eigenvalue weighted by molar-refractivity contribution is 5.44. The van der Waals surface area contributed by atoms with Crippen molar-refractivity contribution in [3.8, 4) is 0 Å². The van der Waals surface area contributed by atoms with Crippen LogP contribution in [0, 0.1) is 11.7 Å². The topological polar surface area (TPSA) is 9.23 Å². The van der Waals surface area contributed by atoms with E-state index in [0.717, 1.165) is 25.0 Å². The molecule has 4 rings (SSSR count). The zero-order chi connectivity index (χ0) is 14.4. The Hall–Kier alpha value is -1.67. The quantitative estimate of drug-likeness (QED) is 0.685. The highest BCUT2D eigenvalue weighted by Gasteiger charge is 2.36. The molecule has 0 N–H and O–H groups in total. The Morgan fingerprint density at radius 3 is 2.76 bits per heavy atom. The summed E-state index contributed by atoms with van der Waals surface area (Å²) in [4.78, 5) is 0. The van der Waals surface area contributed by atoms with Crippen molar-refractivity contribution in [2.24, 2.45) is 5.92 Å². The normalized spacial score (nSPS) is 27.2. The minimum Gasteiger partial charge on any atom is -0.373 e. The first-order valence-electron chi connectivity index (χ1n) is 7.70. The van der Waals surface area contributed by atoms with E-state index in [2.05, 4.69) is 31.2 Å². The molecule has 2 heteroatoms. The molecule has 0 aromatic heterocycles. The smallest absolute Gasteiger partial charge is 0.123 e. The summed E-state index contributed by atoms with van der Waals surface area (Å²) in [5.74, 6) is 0.725. The molecular formula is C19H19FO. The number of halogens is 1. The first-order valence-corrected chi connectivity index (χ1v) is 7.70. The largest absolute Gasteiger partial charge is 0.373 e. The minimum atomic E-state index is -0.166. The molecule has 0 radical (unpaired) electrons. The van der Waals surface area contributed by atoms with E-state index in [1.807, 2.05) is 6.07 Å². The second-order valence-electron chi connectivity index (χ2n) is 6.42. The van der Waals surface area contributed by atoms with Crippen LogP contribution in [-0.4, -0.2) is 6.61 Å². The molecule has 3 atom stereocenters. The van der Waals surface area contributed by atoms with Gasteiger partial charge in [-0.1, -0.05) is 37.3 Å². The maximum absolute atomic E-state index is 13.7. The second kappa shape index (κ2) is 4.96. The van der Waals surface area contributed by atoms with E-state index in [1.165, 1.54) is 16.7 Å². The molecule has 108 valence electrons. The van der Waals surface area contributed by atoms with Crippen molar-refractivity contribution in [1.82, 2.24) is 0 Å². The Bertz CT molecular complexity index is 679. The highest BCUT2D eigenvalue weighted by Crippen LogP contribution is 2.47. The average Bonchev–Trinajstić information content (AvgIpc) is 2.62. The van der Waals surface area contributed by atoms with Crippen LogP contribution in [0.3, 0.4) is 0 Å². The van der Waals surface area contributed by atoms with Crippen LogP contribution < -0.4 is 0 Å². The molecule has 21 heavy (non-hydrogen) atoms. The zero-order valence-electron chi connectivity index (χ0n) is 12.2. The third-order valence-electron chi connectivity index (χ3n) is 4.83. The highest BCUT2D eigenvalue weighted by atomic mass is 19.1. The molecule has 1 aliphatic carbocycles. The predicted molar refractivity (Wildman–Crippen MR) is 80.9 cm³/mol. The minimum absolute atomic E-state index is 0.00412. The van der Waals surface area contributed by atoms with E-state index in [4.69, 9.17) is 4.74 Å². The van der Waals surface area contributed by atoms with E-state index >= 15 is 0 Å². The lowest BCUT2D eigenvalue weighted by Gasteiger charge is -2.35. The number of fused-ring (bicyclic) bond motifs is 5. The van der Waals surface area contributed by atoms with E-state index in [-0.39, 0.29) is 11.9 Å². The van der Waals surface area contributed by atoms with Crippen LogP contribution in [0.15, 0.2) is 42.5 Å². The Kier molecular flexibility index (Phi) is 3.07. The van der Waals surface area contributed by atoms with Gasteiger partial charge in [-0.3, -0.25) is 0 Å². The van der Waals surface area contributed by atoms with Crippen molar-refractivity contribution < 1.29 is 9.13 Å². The molecule has 2 aromatic carbocycles. The molecule has 1 saturated heterocycles. The molecule has 2 aromatic rings. The number of rotatable bonds is 0. The molecule has 1 nitrogen and oxygen atoms in total. The number of hydrogen-bond acceptors (Lipinski definition) is 1. The monoisotopic (exact) mass is 282 g/mol. The zero-order valence-corrected chi connectivity index (χ0v) is 12.2. The van der Waals surface area contributed by atoms with Gasteiger partial charge in [0.1, 0.15) is 5.82 Å². The van der Waals surface area contributed by atoms with Gasteiger partial charge in [0.15, 0.2) is 0 Å². The second-order valence-corrected chi connectivity index (χ2v) is 6.42. The van der Waals surface area contributed by atoms with Crippen molar-refractivity contribution in [3.05, 3.63) is 70.5 Å². The molecule has 1 heterocycles. The molecule has 1 aliphatic heterocycles. The number of benzene rings is 2. The fraction of sp³-hybridized carbons (Fsp3) is 0.368. The molecular weight excluding hydrogens is 263 g/mol. The van der Waals surface area contributed by atoms with Gasteiger partial charge in [0.2, 0.25) is 0 Å². The van der Waals surface area contributed by atoms with Crippen LogP contribution in [0.1, 0.15) is 47.6 Å². The third kappa shape index (κ3) is 2.18. The van der Waals surface area contributed by atoms with Crippen molar-refractivity contribution >= 4 is 0 Å². The van der Waals surface area contributed by atoms with Crippen LogP contribution in [0.2, 0.25) is 0 Å². The summed E-state index contributed by atoms with van der Waals surface area (Å²) in [5, 5.41) is 0. The summed E-state index contributed by atoms with van der Waals surface area (Å²) < 4.78 is 19.9. The van der Waals surface area contributed by atoms with Crippen LogP contribution in [0.5, 0.6) is 0 Å². The van der Waals surface area contributed by atoms with Gasteiger partial charge in [-0.15, -0.1) is 0 Å². The van der Waals surface area contributed by atoms with Gasteiger partial charge in [-0.25, -0.2) is 4.39 Å². The third-order valence-corrected chi connectivity index (χ3v) is 4.83. The van der Waals surface area contributed by atoms with Crippen LogP contribution in [-0.2, 0) is 11.2 Å². The van der Waals surface area contributed by atoms with Gasteiger partial charge in [-0.05, 0) is 53.1 Å². The lowest BCUT2D eigenvalue weighted by atomic mass is 9.80. The summed E-state index contributed by atoms with van der Waals surface area (Å²) in [6.45, 7) is 3.00. The molecule has 2 aliphatic rings. The lowest BCUT2D eigenvalue weighted by molar-refractivity contribution is -0.0290. The van der Waals surface area contributed by atoms with Gasteiger partial charge >= 0.3 is 0 Å². The lowest BCUT2D eigenvalue weighted by Crippen LogP contribution is -2.26. The van der Waals surface area contributed by atoms with Gasteiger partial charge < -0.3 is 4.74 Å². The van der Waals surface area contributed by atoms with E-state index in [1.54, 1.807) is 12.1 Å². The van der Waals surface area contributed by atoms with Gasteiger partial charge in [-0.2, -0.15) is 0 Å². The number of hydrogen-bond donors (Lipinski definition) is 0. The van der Waals surface area contributed by atoms with E-state index in [0.29, 0.717) is 11.8 Å². The first-order chi connectivity index (χ1) is 10.2. The van der Waals surface area contributed by atoms with Crippen molar-refractivity contribution in [1.29, 1.82) is 0 Å². The predicted octanol–water partition coefficient (Wildman–Crippen LogP) is 4.61. The maximum Gasteiger partial charge on any atom is 0.123 e. The Morgan fingerprint density at radius 1 is 1.05 bits per heavy atom. The summed E-state index contributed by atoms with van der Waals surface area (Å²) in [7, 11) is 0. The molecule has 1 fully saturated rings. The van der Waals surface area contributed by atoms with Crippen LogP contribution >= 0.6 is 0 Å². The number of ether oxygens (including phenoxy) is 1. The fourth-order valence-corrected chi connectivity index (χ4v) is 3.86.